The fourth-order valence-electron chi connectivity index (χ4n) is 3.15. The molecule has 0 unspecified atom stereocenters. The first kappa shape index (κ1) is 12.9. The Bertz CT molecular complexity index is 426. The predicted molar refractivity (Wildman–Crippen MR) is 77.5 cm³/mol. The lowest BCUT2D eigenvalue weighted by Crippen LogP contribution is -2.47. The van der Waals surface area contributed by atoms with Gasteiger partial charge in [0.1, 0.15) is 11.0 Å². The van der Waals surface area contributed by atoms with Crippen molar-refractivity contribution in [3.63, 3.8) is 0 Å². The first-order valence-electron chi connectivity index (χ1n) is 7.01. The summed E-state index contributed by atoms with van der Waals surface area (Å²) < 4.78 is 0. The molecule has 0 aliphatic carbocycles. The van der Waals surface area contributed by atoms with Crippen LogP contribution in [0.3, 0.4) is 0 Å². The number of hydrogen-bond acceptors (Lipinski definition) is 5. The van der Waals surface area contributed by atoms with Gasteiger partial charge in [0.05, 0.1) is 0 Å². The monoisotopic (exact) mass is 281 g/mol. The van der Waals surface area contributed by atoms with Gasteiger partial charge in [-0.05, 0) is 38.8 Å². The standard InChI is InChI=1S/C13H20ClN5/c14-11-8-12(17-13(15)16-11)19-7-3-4-10(9-19)18-5-1-2-6-18/h8,10H,1-7,9H2,(H2,15,16,17)/t10-/m1/s1. The number of rotatable bonds is 2. The Morgan fingerprint density at radius 1 is 1.16 bits per heavy atom. The van der Waals surface area contributed by atoms with Crippen molar-refractivity contribution in [1.29, 1.82) is 0 Å². The third-order valence-corrected chi connectivity index (χ3v) is 4.27. The zero-order chi connectivity index (χ0) is 13.2. The molecule has 0 bridgehead atoms. The van der Waals surface area contributed by atoms with E-state index in [0.717, 1.165) is 18.9 Å². The second-order valence-corrected chi connectivity index (χ2v) is 5.78. The zero-order valence-electron chi connectivity index (χ0n) is 11.1. The molecule has 0 amide bonds. The summed E-state index contributed by atoms with van der Waals surface area (Å²) in [5, 5.41) is 0.422. The molecule has 19 heavy (non-hydrogen) atoms. The summed E-state index contributed by atoms with van der Waals surface area (Å²) in [7, 11) is 0. The molecule has 0 radical (unpaired) electrons. The maximum Gasteiger partial charge on any atom is 0.223 e. The average molecular weight is 282 g/mol. The zero-order valence-corrected chi connectivity index (χ0v) is 11.8. The van der Waals surface area contributed by atoms with Crippen LogP contribution in [0.5, 0.6) is 0 Å². The molecule has 2 saturated heterocycles. The lowest BCUT2D eigenvalue weighted by molar-refractivity contribution is 0.215. The summed E-state index contributed by atoms with van der Waals surface area (Å²) in [5.41, 5.74) is 5.68. The van der Waals surface area contributed by atoms with Crippen LogP contribution < -0.4 is 10.6 Å². The Morgan fingerprint density at radius 3 is 2.68 bits per heavy atom. The van der Waals surface area contributed by atoms with E-state index >= 15 is 0 Å². The first-order valence-corrected chi connectivity index (χ1v) is 7.39. The molecule has 6 heteroatoms. The Balaban J connectivity index is 1.73. The van der Waals surface area contributed by atoms with E-state index in [4.69, 9.17) is 17.3 Å². The minimum Gasteiger partial charge on any atom is -0.368 e. The van der Waals surface area contributed by atoms with Crippen molar-refractivity contribution >= 4 is 23.4 Å². The van der Waals surface area contributed by atoms with Gasteiger partial charge in [0.15, 0.2) is 0 Å². The van der Waals surface area contributed by atoms with Crippen LogP contribution in [0.15, 0.2) is 6.07 Å². The quantitative estimate of drug-likeness (QED) is 0.838. The first-order chi connectivity index (χ1) is 9.22. The number of likely N-dealkylation sites (tertiary alicyclic amines) is 1. The summed E-state index contributed by atoms with van der Waals surface area (Å²) in [4.78, 5) is 13.1. The molecule has 3 rings (SSSR count). The van der Waals surface area contributed by atoms with E-state index in [2.05, 4.69) is 19.8 Å². The topological polar surface area (TPSA) is 58.3 Å². The summed E-state index contributed by atoms with van der Waals surface area (Å²) in [6.45, 7) is 4.53. The molecule has 1 aromatic rings. The second-order valence-electron chi connectivity index (χ2n) is 5.39. The lowest BCUT2D eigenvalue weighted by atomic mass is 10.0. The fraction of sp³-hybridized carbons (Fsp3) is 0.692. The molecule has 1 atom stereocenters. The maximum absolute atomic E-state index is 5.96. The van der Waals surface area contributed by atoms with Crippen molar-refractivity contribution in [3.8, 4) is 0 Å². The van der Waals surface area contributed by atoms with Gasteiger partial charge in [-0.25, -0.2) is 4.98 Å². The molecular weight excluding hydrogens is 262 g/mol. The highest BCUT2D eigenvalue weighted by atomic mass is 35.5. The number of hydrogen-bond donors (Lipinski definition) is 1. The third kappa shape index (κ3) is 2.92. The van der Waals surface area contributed by atoms with E-state index in [1.165, 1.54) is 38.8 Å². The minimum absolute atomic E-state index is 0.255. The number of halogens is 1. The SMILES string of the molecule is Nc1nc(Cl)cc(N2CCC[C@@H](N3CCCC3)C2)n1. The van der Waals surface area contributed by atoms with Gasteiger partial charge in [-0.3, -0.25) is 4.90 Å². The predicted octanol–water partition coefficient (Wildman–Crippen LogP) is 1.78. The lowest BCUT2D eigenvalue weighted by Gasteiger charge is -2.38. The Kier molecular flexibility index (Phi) is 3.75. The number of nitrogens with zero attached hydrogens (tertiary/aromatic N) is 4. The third-order valence-electron chi connectivity index (χ3n) is 4.08. The molecule has 5 nitrogen and oxygen atoms in total. The van der Waals surface area contributed by atoms with Gasteiger partial charge in [0, 0.05) is 25.2 Å². The van der Waals surface area contributed by atoms with E-state index in [1.807, 2.05) is 6.07 Å². The molecule has 0 spiro atoms. The van der Waals surface area contributed by atoms with Crippen LogP contribution in [0.1, 0.15) is 25.7 Å². The molecule has 104 valence electrons. The molecule has 2 aliphatic heterocycles. The smallest absolute Gasteiger partial charge is 0.223 e. The Hall–Kier alpha value is -1.07. The van der Waals surface area contributed by atoms with Crippen LogP contribution in [0.2, 0.25) is 5.15 Å². The average Bonchev–Trinajstić information content (AvgIpc) is 2.92. The van der Waals surface area contributed by atoms with Gasteiger partial charge in [-0.15, -0.1) is 0 Å². The highest BCUT2D eigenvalue weighted by molar-refractivity contribution is 6.29. The van der Waals surface area contributed by atoms with Gasteiger partial charge in [0.25, 0.3) is 0 Å². The van der Waals surface area contributed by atoms with Crippen molar-refractivity contribution in [2.24, 2.45) is 0 Å². The maximum atomic E-state index is 5.96. The highest BCUT2D eigenvalue weighted by Crippen LogP contribution is 2.25. The number of piperidine rings is 1. The number of nitrogens with two attached hydrogens (primary N) is 1. The van der Waals surface area contributed by atoms with E-state index in [-0.39, 0.29) is 5.95 Å². The van der Waals surface area contributed by atoms with Crippen molar-refractivity contribution < 1.29 is 0 Å². The van der Waals surface area contributed by atoms with Gasteiger partial charge in [-0.2, -0.15) is 4.98 Å². The summed E-state index contributed by atoms with van der Waals surface area (Å²) in [6, 6.07) is 2.45. The number of anilines is 2. The largest absolute Gasteiger partial charge is 0.368 e. The molecule has 3 heterocycles. The minimum atomic E-state index is 0.255. The van der Waals surface area contributed by atoms with Crippen LogP contribution in [-0.4, -0.2) is 47.1 Å². The molecule has 0 saturated carbocycles. The summed E-state index contributed by atoms with van der Waals surface area (Å²) in [6.07, 6.45) is 5.15. The molecular formula is C13H20ClN5. The van der Waals surface area contributed by atoms with Crippen molar-refractivity contribution in [1.82, 2.24) is 14.9 Å². The van der Waals surface area contributed by atoms with E-state index in [9.17, 15) is 0 Å². The van der Waals surface area contributed by atoms with Crippen LogP contribution in [0, 0.1) is 0 Å². The van der Waals surface area contributed by atoms with Gasteiger partial charge in [0.2, 0.25) is 5.95 Å². The molecule has 0 aromatic carbocycles. The van der Waals surface area contributed by atoms with Crippen molar-refractivity contribution in [3.05, 3.63) is 11.2 Å². The van der Waals surface area contributed by atoms with E-state index < -0.39 is 0 Å². The molecule has 1 aromatic heterocycles. The number of nitrogen functional groups attached to an aromatic ring is 1. The second kappa shape index (κ2) is 5.51. The Morgan fingerprint density at radius 2 is 1.95 bits per heavy atom. The van der Waals surface area contributed by atoms with E-state index in [1.54, 1.807) is 0 Å². The Labute approximate surface area is 118 Å². The van der Waals surface area contributed by atoms with Crippen LogP contribution >= 0.6 is 11.6 Å². The fourth-order valence-corrected chi connectivity index (χ4v) is 3.34. The summed E-state index contributed by atoms with van der Waals surface area (Å²) >= 11 is 5.96. The molecule has 2 aliphatic rings. The van der Waals surface area contributed by atoms with Gasteiger partial charge >= 0.3 is 0 Å². The number of aromatic nitrogens is 2. The van der Waals surface area contributed by atoms with Crippen molar-refractivity contribution in [2.45, 2.75) is 31.7 Å². The van der Waals surface area contributed by atoms with Crippen LogP contribution in [0.25, 0.3) is 0 Å². The normalized spacial score (nSPS) is 24.9. The van der Waals surface area contributed by atoms with Gasteiger partial charge in [-0.1, -0.05) is 11.6 Å². The van der Waals surface area contributed by atoms with Crippen LogP contribution in [0.4, 0.5) is 11.8 Å². The van der Waals surface area contributed by atoms with E-state index in [0.29, 0.717) is 11.2 Å². The molecule has 2 fully saturated rings. The highest BCUT2D eigenvalue weighted by Gasteiger charge is 2.27. The van der Waals surface area contributed by atoms with Crippen LogP contribution in [-0.2, 0) is 0 Å². The van der Waals surface area contributed by atoms with Gasteiger partial charge < -0.3 is 10.6 Å². The van der Waals surface area contributed by atoms with Crippen molar-refractivity contribution in [2.75, 3.05) is 36.8 Å². The summed E-state index contributed by atoms with van der Waals surface area (Å²) in [5.74, 6) is 1.12. The molecule has 2 N–H and O–H groups in total.